The van der Waals surface area contributed by atoms with E-state index in [4.69, 9.17) is 4.84 Å². The SMILES string of the molecule is CONc1ncc(C#Cc2cc(C(=O)NCCN3CCCCC3)ccc2C)c2ccccc12. The van der Waals surface area contributed by atoms with Gasteiger partial charge in [0.15, 0.2) is 5.82 Å². The molecule has 0 atom stereocenters. The van der Waals surface area contributed by atoms with Crippen molar-refractivity contribution in [2.24, 2.45) is 0 Å². The van der Waals surface area contributed by atoms with Crippen LogP contribution in [-0.2, 0) is 4.84 Å². The molecule has 1 aliphatic heterocycles. The first kappa shape index (κ1) is 22.8. The Morgan fingerprint density at radius 1 is 1.06 bits per heavy atom. The Balaban J connectivity index is 1.50. The molecule has 2 aromatic carbocycles. The number of amides is 1. The Bertz CT molecular complexity index is 1190. The van der Waals surface area contributed by atoms with Crippen molar-refractivity contribution >= 4 is 22.5 Å². The predicted molar refractivity (Wildman–Crippen MR) is 132 cm³/mol. The van der Waals surface area contributed by atoms with Gasteiger partial charge in [0.2, 0.25) is 0 Å². The lowest BCUT2D eigenvalue weighted by molar-refractivity contribution is 0.0946. The number of anilines is 1. The highest BCUT2D eigenvalue weighted by atomic mass is 16.6. The monoisotopic (exact) mass is 442 g/mol. The van der Waals surface area contributed by atoms with Crippen LogP contribution in [0.25, 0.3) is 10.8 Å². The van der Waals surface area contributed by atoms with E-state index in [9.17, 15) is 4.79 Å². The molecule has 1 saturated heterocycles. The number of likely N-dealkylation sites (tertiary alicyclic amines) is 1. The minimum Gasteiger partial charge on any atom is -0.351 e. The van der Waals surface area contributed by atoms with Crippen LogP contribution in [-0.4, -0.2) is 49.1 Å². The second-order valence-corrected chi connectivity index (χ2v) is 8.31. The number of aryl methyl sites for hydroxylation is 1. The first-order valence-electron chi connectivity index (χ1n) is 11.5. The third kappa shape index (κ3) is 5.70. The number of aromatic nitrogens is 1. The number of piperidine rings is 1. The van der Waals surface area contributed by atoms with Crippen molar-refractivity contribution in [1.82, 2.24) is 15.2 Å². The van der Waals surface area contributed by atoms with Crippen LogP contribution in [0.15, 0.2) is 48.7 Å². The summed E-state index contributed by atoms with van der Waals surface area (Å²) in [6, 6.07) is 13.6. The van der Waals surface area contributed by atoms with Crippen LogP contribution in [0.4, 0.5) is 5.82 Å². The molecule has 0 saturated carbocycles. The standard InChI is InChI=1S/C27H30N4O2/c1-20-10-11-22(27(32)28-14-17-31-15-6-3-7-16-31)18-21(20)12-13-23-19-29-26(30-33-2)25-9-5-4-8-24(23)25/h4-5,8-11,18-19H,3,6-7,14-17H2,1-2H3,(H,28,32)(H,29,30). The summed E-state index contributed by atoms with van der Waals surface area (Å²) >= 11 is 0. The highest BCUT2D eigenvalue weighted by Gasteiger charge is 2.11. The minimum atomic E-state index is -0.0582. The number of hydrogen-bond acceptors (Lipinski definition) is 5. The Hall–Kier alpha value is -3.40. The van der Waals surface area contributed by atoms with Gasteiger partial charge in [0.25, 0.3) is 5.91 Å². The fourth-order valence-electron chi connectivity index (χ4n) is 4.12. The molecule has 0 bridgehead atoms. The molecule has 0 unspecified atom stereocenters. The van der Waals surface area contributed by atoms with Crippen molar-refractivity contribution in [2.75, 3.05) is 38.8 Å². The average Bonchev–Trinajstić information content (AvgIpc) is 2.85. The van der Waals surface area contributed by atoms with Crippen molar-refractivity contribution in [3.63, 3.8) is 0 Å². The fourth-order valence-corrected chi connectivity index (χ4v) is 4.12. The maximum Gasteiger partial charge on any atom is 0.251 e. The van der Waals surface area contributed by atoms with E-state index in [1.54, 1.807) is 13.3 Å². The number of rotatable bonds is 6. The molecular weight excluding hydrogens is 412 g/mol. The summed E-state index contributed by atoms with van der Waals surface area (Å²) in [5.41, 5.74) is 6.13. The van der Waals surface area contributed by atoms with Crippen LogP contribution in [0.1, 0.15) is 46.3 Å². The fraction of sp³-hybridized carbons (Fsp3) is 0.333. The van der Waals surface area contributed by atoms with E-state index in [1.807, 2.05) is 49.4 Å². The number of benzene rings is 2. The van der Waals surface area contributed by atoms with Gasteiger partial charge in [0.1, 0.15) is 0 Å². The molecule has 1 amide bonds. The molecule has 1 aromatic heterocycles. The number of nitrogens with zero attached hydrogens (tertiary/aromatic N) is 2. The third-order valence-corrected chi connectivity index (χ3v) is 5.99. The second kappa shape index (κ2) is 11.0. The van der Waals surface area contributed by atoms with Crippen LogP contribution in [0, 0.1) is 18.8 Å². The molecular formula is C27H30N4O2. The van der Waals surface area contributed by atoms with E-state index in [0.29, 0.717) is 17.9 Å². The molecule has 2 heterocycles. The largest absolute Gasteiger partial charge is 0.351 e. The van der Waals surface area contributed by atoms with Crippen LogP contribution in [0.3, 0.4) is 0 Å². The number of carbonyl (C=O) groups is 1. The zero-order chi connectivity index (χ0) is 23.0. The number of pyridine rings is 1. The highest BCUT2D eigenvalue weighted by Crippen LogP contribution is 2.24. The van der Waals surface area contributed by atoms with Gasteiger partial charge >= 0.3 is 0 Å². The lowest BCUT2D eigenvalue weighted by Crippen LogP contribution is -2.37. The minimum absolute atomic E-state index is 0.0582. The first-order valence-corrected chi connectivity index (χ1v) is 11.5. The summed E-state index contributed by atoms with van der Waals surface area (Å²) in [6.07, 6.45) is 5.56. The molecule has 6 heteroatoms. The molecule has 3 aromatic rings. The molecule has 170 valence electrons. The van der Waals surface area contributed by atoms with E-state index >= 15 is 0 Å². The lowest BCUT2D eigenvalue weighted by atomic mass is 10.0. The maximum atomic E-state index is 12.7. The van der Waals surface area contributed by atoms with Crippen molar-refractivity contribution in [2.45, 2.75) is 26.2 Å². The van der Waals surface area contributed by atoms with Crippen LogP contribution in [0.2, 0.25) is 0 Å². The van der Waals surface area contributed by atoms with Gasteiger partial charge in [-0.2, -0.15) is 0 Å². The zero-order valence-corrected chi connectivity index (χ0v) is 19.3. The molecule has 6 nitrogen and oxygen atoms in total. The van der Waals surface area contributed by atoms with Gasteiger partial charge in [-0.25, -0.2) is 10.5 Å². The average molecular weight is 443 g/mol. The van der Waals surface area contributed by atoms with Gasteiger partial charge in [-0.05, 0) is 50.6 Å². The van der Waals surface area contributed by atoms with Crippen molar-refractivity contribution in [3.05, 3.63) is 70.9 Å². The Morgan fingerprint density at radius 3 is 2.61 bits per heavy atom. The van der Waals surface area contributed by atoms with Crippen molar-refractivity contribution in [1.29, 1.82) is 0 Å². The number of carbonyl (C=O) groups excluding carboxylic acids is 1. The summed E-state index contributed by atoms with van der Waals surface area (Å²) in [5, 5.41) is 4.98. The van der Waals surface area contributed by atoms with Crippen molar-refractivity contribution < 1.29 is 9.63 Å². The van der Waals surface area contributed by atoms with Gasteiger partial charge in [-0.1, -0.05) is 48.6 Å². The normalized spacial score (nSPS) is 13.9. The Labute approximate surface area is 195 Å². The Morgan fingerprint density at radius 2 is 1.82 bits per heavy atom. The number of nitrogens with one attached hydrogen (secondary N) is 2. The summed E-state index contributed by atoms with van der Waals surface area (Å²) < 4.78 is 0. The molecule has 1 aliphatic rings. The first-order chi connectivity index (χ1) is 16.2. The summed E-state index contributed by atoms with van der Waals surface area (Å²) in [6.45, 7) is 5.83. The zero-order valence-electron chi connectivity index (χ0n) is 19.3. The second-order valence-electron chi connectivity index (χ2n) is 8.31. The predicted octanol–water partition coefficient (Wildman–Crippen LogP) is 4.13. The van der Waals surface area contributed by atoms with E-state index < -0.39 is 0 Å². The van der Waals surface area contributed by atoms with E-state index in [0.717, 1.165) is 47.1 Å². The molecule has 0 aliphatic carbocycles. The van der Waals surface area contributed by atoms with Crippen LogP contribution >= 0.6 is 0 Å². The molecule has 4 rings (SSSR count). The quantitative estimate of drug-likeness (QED) is 0.444. The van der Waals surface area contributed by atoms with Gasteiger partial charge in [-0.3, -0.25) is 9.63 Å². The maximum absolute atomic E-state index is 12.7. The van der Waals surface area contributed by atoms with Crippen LogP contribution in [0.5, 0.6) is 0 Å². The van der Waals surface area contributed by atoms with E-state index in [1.165, 1.54) is 19.3 Å². The number of fused-ring (bicyclic) bond motifs is 1. The van der Waals surface area contributed by atoms with E-state index in [-0.39, 0.29) is 5.91 Å². The van der Waals surface area contributed by atoms with Gasteiger partial charge in [-0.15, -0.1) is 0 Å². The van der Waals surface area contributed by atoms with Gasteiger partial charge in [0, 0.05) is 41.2 Å². The van der Waals surface area contributed by atoms with Gasteiger partial charge in [0.05, 0.1) is 12.7 Å². The topological polar surface area (TPSA) is 66.5 Å². The van der Waals surface area contributed by atoms with E-state index in [2.05, 4.69) is 32.5 Å². The van der Waals surface area contributed by atoms with Crippen molar-refractivity contribution in [3.8, 4) is 11.8 Å². The number of hydrogen-bond donors (Lipinski definition) is 2. The molecule has 0 spiro atoms. The summed E-state index contributed by atoms with van der Waals surface area (Å²) in [5.74, 6) is 7.09. The molecule has 1 fully saturated rings. The highest BCUT2D eigenvalue weighted by molar-refractivity contribution is 5.96. The lowest BCUT2D eigenvalue weighted by Gasteiger charge is -2.26. The smallest absolute Gasteiger partial charge is 0.251 e. The molecule has 33 heavy (non-hydrogen) atoms. The Kier molecular flexibility index (Phi) is 7.56. The third-order valence-electron chi connectivity index (χ3n) is 5.99. The van der Waals surface area contributed by atoms with Gasteiger partial charge < -0.3 is 10.2 Å². The summed E-state index contributed by atoms with van der Waals surface area (Å²) in [4.78, 5) is 24.6. The van der Waals surface area contributed by atoms with Crippen LogP contribution < -0.4 is 10.8 Å². The molecule has 0 radical (unpaired) electrons. The molecule has 2 N–H and O–H groups in total. The summed E-state index contributed by atoms with van der Waals surface area (Å²) in [7, 11) is 1.56.